The van der Waals surface area contributed by atoms with Gasteiger partial charge >= 0.3 is 0 Å². The molecule has 0 amide bonds. The first-order valence-corrected chi connectivity index (χ1v) is 8.30. The second-order valence-corrected chi connectivity index (χ2v) is 7.11. The molecule has 1 aliphatic carbocycles. The number of nitrogens with one attached hydrogen (secondary N) is 1. The topological polar surface area (TPSA) is 66.4 Å². The molecule has 4 nitrogen and oxygen atoms in total. The summed E-state index contributed by atoms with van der Waals surface area (Å²) >= 11 is 0. The molecular weight excluding hydrogens is 281 g/mol. The summed E-state index contributed by atoms with van der Waals surface area (Å²) in [6.45, 7) is 1.75. The lowest BCUT2D eigenvalue weighted by Gasteiger charge is -2.27. The average molecular weight is 301 g/mol. The Hall–Kier alpha value is -0.980. The van der Waals surface area contributed by atoms with Gasteiger partial charge in [0.15, 0.2) is 0 Å². The number of hydrogen-bond donors (Lipinski definition) is 2. The predicted molar refractivity (Wildman–Crippen MR) is 74.3 cm³/mol. The van der Waals surface area contributed by atoms with Gasteiger partial charge in [0, 0.05) is 12.6 Å². The molecule has 0 unspecified atom stereocenters. The zero-order valence-corrected chi connectivity index (χ0v) is 12.3. The molecule has 0 aromatic heterocycles. The molecule has 0 saturated heterocycles. The summed E-state index contributed by atoms with van der Waals surface area (Å²) in [6, 6.07) is 3.57. The van der Waals surface area contributed by atoms with Crippen LogP contribution in [0, 0.1) is 18.7 Å². The average Bonchev–Trinajstić information content (AvgIpc) is 2.38. The molecule has 1 aliphatic rings. The lowest BCUT2D eigenvalue weighted by atomic mass is 9.87. The van der Waals surface area contributed by atoms with E-state index < -0.39 is 15.8 Å². The third-order valence-corrected chi connectivity index (χ3v) is 5.53. The monoisotopic (exact) mass is 301 g/mol. The van der Waals surface area contributed by atoms with Crippen molar-refractivity contribution in [2.75, 3.05) is 6.61 Å². The van der Waals surface area contributed by atoms with E-state index in [9.17, 15) is 12.8 Å². The minimum absolute atomic E-state index is 0.104. The van der Waals surface area contributed by atoms with Crippen molar-refractivity contribution < 1.29 is 17.9 Å². The summed E-state index contributed by atoms with van der Waals surface area (Å²) in [4.78, 5) is 0.128. The van der Waals surface area contributed by atoms with E-state index in [2.05, 4.69) is 4.72 Å². The first kappa shape index (κ1) is 15.4. The Morgan fingerprint density at radius 2 is 1.95 bits per heavy atom. The van der Waals surface area contributed by atoms with Crippen LogP contribution in [0.1, 0.15) is 31.2 Å². The predicted octanol–water partition coefficient (Wildman–Crippen LogP) is 1.96. The van der Waals surface area contributed by atoms with Crippen molar-refractivity contribution in [3.63, 3.8) is 0 Å². The highest BCUT2D eigenvalue weighted by Crippen LogP contribution is 2.25. The molecule has 0 heterocycles. The fourth-order valence-corrected chi connectivity index (χ4v) is 4.19. The van der Waals surface area contributed by atoms with Gasteiger partial charge in [-0.3, -0.25) is 0 Å². The normalized spacial score (nSPS) is 23.8. The molecule has 0 aliphatic heterocycles. The summed E-state index contributed by atoms with van der Waals surface area (Å²) in [6.07, 6.45) is 3.10. The van der Waals surface area contributed by atoms with Crippen molar-refractivity contribution in [1.82, 2.24) is 4.72 Å². The number of aliphatic hydroxyl groups excluding tert-OH is 1. The van der Waals surface area contributed by atoms with Gasteiger partial charge in [-0.05, 0) is 62.3 Å². The minimum atomic E-state index is -3.61. The van der Waals surface area contributed by atoms with Crippen molar-refractivity contribution in [3.8, 4) is 0 Å². The molecule has 20 heavy (non-hydrogen) atoms. The molecule has 0 bridgehead atoms. The van der Waals surface area contributed by atoms with Crippen molar-refractivity contribution in [2.45, 2.75) is 43.5 Å². The molecule has 6 heteroatoms. The van der Waals surface area contributed by atoms with Crippen LogP contribution in [0.4, 0.5) is 4.39 Å². The number of benzene rings is 1. The van der Waals surface area contributed by atoms with Crippen LogP contribution in [0.25, 0.3) is 0 Å². The van der Waals surface area contributed by atoms with Gasteiger partial charge in [-0.2, -0.15) is 0 Å². The molecule has 2 N–H and O–H groups in total. The maximum Gasteiger partial charge on any atom is 0.241 e. The maximum absolute atomic E-state index is 13.0. The SMILES string of the molecule is Cc1cc(F)ccc1S(=O)(=O)NC1CCC(CO)CC1. The number of rotatable bonds is 4. The minimum Gasteiger partial charge on any atom is -0.396 e. The van der Waals surface area contributed by atoms with Gasteiger partial charge in [0.25, 0.3) is 0 Å². The maximum atomic E-state index is 13.0. The highest BCUT2D eigenvalue weighted by atomic mass is 32.2. The van der Waals surface area contributed by atoms with Crippen LogP contribution in [0.2, 0.25) is 0 Å². The number of aliphatic hydroxyl groups is 1. The van der Waals surface area contributed by atoms with E-state index in [0.717, 1.165) is 31.7 Å². The Morgan fingerprint density at radius 3 is 2.50 bits per heavy atom. The van der Waals surface area contributed by atoms with Gasteiger partial charge in [-0.15, -0.1) is 0 Å². The van der Waals surface area contributed by atoms with Crippen molar-refractivity contribution in [2.24, 2.45) is 5.92 Å². The van der Waals surface area contributed by atoms with Crippen molar-refractivity contribution in [3.05, 3.63) is 29.6 Å². The Kier molecular flexibility index (Phi) is 4.78. The van der Waals surface area contributed by atoms with Crippen LogP contribution in [0.15, 0.2) is 23.1 Å². The van der Waals surface area contributed by atoms with Gasteiger partial charge in [0.05, 0.1) is 4.90 Å². The highest BCUT2D eigenvalue weighted by Gasteiger charge is 2.26. The van der Waals surface area contributed by atoms with E-state index in [1.165, 1.54) is 12.1 Å². The van der Waals surface area contributed by atoms with Crippen molar-refractivity contribution >= 4 is 10.0 Å². The Labute approximate surface area is 119 Å². The largest absolute Gasteiger partial charge is 0.396 e. The third-order valence-electron chi connectivity index (χ3n) is 3.85. The van der Waals surface area contributed by atoms with Crippen LogP contribution in [0.3, 0.4) is 0 Å². The van der Waals surface area contributed by atoms with Gasteiger partial charge < -0.3 is 5.11 Å². The van der Waals surface area contributed by atoms with Gasteiger partial charge in [-0.25, -0.2) is 17.5 Å². The number of sulfonamides is 1. The number of aryl methyl sites for hydroxylation is 1. The molecule has 0 radical (unpaired) electrons. The highest BCUT2D eigenvalue weighted by molar-refractivity contribution is 7.89. The third kappa shape index (κ3) is 3.56. The first-order valence-electron chi connectivity index (χ1n) is 6.81. The smallest absolute Gasteiger partial charge is 0.241 e. The van der Waals surface area contributed by atoms with E-state index in [-0.39, 0.29) is 23.5 Å². The molecule has 1 aromatic carbocycles. The fourth-order valence-electron chi connectivity index (χ4n) is 2.66. The van der Waals surface area contributed by atoms with Gasteiger partial charge in [0.1, 0.15) is 5.82 Å². The fraction of sp³-hybridized carbons (Fsp3) is 0.571. The lowest BCUT2D eigenvalue weighted by molar-refractivity contribution is 0.180. The van der Waals surface area contributed by atoms with Crippen LogP contribution in [-0.2, 0) is 10.0 Å². The summed E-state index contributed by atoms with van der Waals surface area (Å²) in [5.41, 5.74) is 0.404. The second-order valence-electron chi connectivity index (χ2n) is 5.43. The summed E-state index contributed by atoms with van der Waals surface area (Å²) in [7, 11) is -3.61. The zero-order valence-electron chi connectivity index (χ0n) is 11.5. The zero-order chi connectivity index (χ0) is 14.8. The van der Waals surface area contributed by atoms with Crippen LogP contribution < -0.4 is 4.72 Å². The van der Waals surface area contributed by atoms with Crippen LogP contribution >= 0.6 is 0 Å². The molecule has 112 valence electrons. The van der Waals surface area contributed by atoms with E-state index in [4.69, 9.17) is 5.11 Å². The quantitative estimate of drug-likeness (QED) is 0.893. The Balaban J connectivity index is 2.08. The second kappa shape index (κ2) is 6.20. The van der Waals surface area contributed by atoms with Crippen LogP contribution in [0.5, 0.6) is 0 Å². The molecule has 1 saturated carbocycles. The number of halogens is 1. The Morgan fingerprint density at radius 1 is 1.30 bits per heavy atom. The standard InChI is InChI=1S/C14H20FNO3S/c1-10-8-12(15)4-7-14(10)20(18,19)16-13-5-2-11(9-17)3-6-13/h4,7-8,11,13,16-17H,2-3,5-6,9H2,1H3. The molecule has 1 fully saturated rings. The van der Waals surface area contributed by atoms with E-state index >= 15 is 0 Å². The summed E-state index contributed by atoms with van der Waals surface area (Å²) < 4.78 is 40.3. The molecule has 1 aromatic rings. The molecular formula is C14H20FNO3S. The summed E-state index contributed by atoms with van der Waals surface area (Å²) in [5, 5.41) is 9.08. The van der Waals surface area contributed by atoms with Crippen molar-refractivity contribution in [1.29, 1.82) is 0 Å². The lowest BCUT2D eigenvalue weighted by Crippen LogP contribution is -2.38. The molecule has 0 spiro atoms. The first-order chi connectivity index (χ1) is 9.42. The Bertz CT molecular complexity index is 566. The van der Waals surface area contributed by atoms with E-state index in [1.807, 2.05) is 0 Å². The summed E-state index contributed by atoms with van der Waals surface area (Å²) in [5.74, 6) is -0.159. The van der Waals surface area contributed by atoms with E-state index in [0.29, 0.717) is 5.56 Å². The molecule has 2 rings (SSSR count). The number of hydrogen-bond acceptors (Lipinski definition) is 3. The van der Waals surface area contributed by atoms with Crippen LogP contribution in [-0.4, -0.2) is 26.2 Å². The molecule has 0 atom stereocenters. The van der Waals surface area contributed by atoms with Gasteiger partial charge in [-0.1, -0.05) is 0 Å². The van der Waals surface area contributed by atoms with E-state index in [1.54, 1.807) is 6.92 Å². The van der Waals surface area contributed by atoms with Gasteiger partial charge in [0.2, 0.25) is 10.0 Å².